The van der Waals surface area contributed by atoms with Gasteiger partial charge >= 0.3 is 29.2 Å². The summed E-state index contributed by atoms with van der Waals surface area (Å²) in [4.78, 5) is 87.5. The van der Waals surface area contributed by atoms with Gasteiger partial charge < -0.3 is 70.0 Å². The lowest BCUT2D eigenvalue weighted by Gasteiger charge is -2.39. The van der Waals surface area contributed by atoms with Crippen molar-refractivity contribution in [1.29, 1.82) is 0 Å². The fourth-order valence-electron chi connectivity index (χ4n) is 5.23. The summed E-state index contributed by atoms with van der Waals surface area (Å²) in [6.07, 6.45) is -8.68. The summed E-state index contributed by atoms with van der Waals surface area (Å²) < 4.78 is 62.7. The number of aromatic amines is 1. The zero-order chi connectivity index (χ0) is 41.1. The number of carbonyl (C=O) groups is 2. The van der Waals surface area contributed by atoms with E-state index in [0.717, 1.165) is 10.8 Å². The summed E-state index contributed by atoms with van der Waals surface area (Å²) in [6.45, 7) is -1.17. The van der Waals surface area contributed by atoms with Crippen LogP contribution in [0.15, 0.2) is 15.8 Å². The summed E-state index contributed by atoms with van der Waals surface area (Å²) in [5.41, 5.74) is -2.01. The summed E-state index contributed by atoms with van der Waals surface area (Å²) in [7, 11) is -16.9. The molecule has 0 aliphatic carbocycles. The Morgan fingerprint density at radius 3 is 2.11 bits per heavy atom. The molecule has 3 heterocycles. The second-order valence-corrected chi connectivity index (χ2v) is 16.7. The van der Waals surface area contributed by atoms with E-state index in [1.165, 1.54) is 0 Å². The Labute approximate surface area is 310 Å². The molecule has 2 aliphatic rings. The average molecular weight is 859 g/mol. The maximum atomic E-state index is 12.5. The van der Waals surface area contributed by atoms with Crippen molar-refractivity contribution in [2.24, 2.45) is 0 Å². The number of aromatic nitrogens is 2. The molecule has 0 aromatic carbocycles. The molecular weight excluding hydrogens is 813 g/mol. The average Bonchev–Trinajstić information content (AvgIpc) is 3.44. The van der Waals surface area contributed by atoms with E-state index in [-0.39, 0.29) is 37.5 Å². The zero-order valence-corrected chi connectivity index (χ0v) is 31.5. The highest BCUT2D eigenvalue weighted by Gasteiger charge is 2.45. The third-order valence-corrected chi connectivity index (χ3v) is 11.7. The summed E-state index contributed by atoms with van der Waals surface area (Å²) >= 11 is 0. The first-order chi connectivity index (χ1) is 25.6. The number of nitrogens with one attached hydrogen (secondary N) is 3. The van der Waals surface area contributed by atoms with Crippen molar-refractivity contribution in [1.82, 2.24) is 20.2 Å². The fourth-order valence-corrected chi connectivity index (χ4v) is 8.26. The third kappa shape index (κ3) is 15.5. The van der Waals surface area contributed by atoms with Gasteiger partial charge in [0.15, 0.2) is 6.29 Å². The van der Waals surface area contributed by atoms with Gasteiger partial charge in [-0.25, -0.2) is 18.5 Å². The fraction of sp³-hybridized carbons (Fsp3) is 0.769. The van der Waals surface area contributed by atoms with Crippen LogP contribution >= 0.6 is 23.5 Å². The van der Waals surface area contributed by atoms with Crippen molar-refractivity contribution in [3.8, 4) is 0 Å². The largest absolute Gasteiger partial charge is 0.490 e. The Morgan fingerprint density at radius 2 is 1.49 bits per heavy atom. The number of ether oxygens (including phenoxy) is 3. The van der Waals surface area contributed by atoms with Gasteiger partial charge in [0.1, 0.15) is 36.7 Å². The van der Waals surface area contributed by atoms with Crippen LogP contribution in [0.2, 0.25) is 0 Å². The second kappa shape index (κ2) is 20.9. The highest BCUT2D eigenvalue weighted by molar-refractivity contribution is 7.66. The van der Waals surface area contributed by atoms with Crippen LogP contribution in [0, 0.1) is 0 Å². The molecule has 2 aliphatic heterocycles. The number of amides is 2. The van der Waals surface area contributed by atoms with Gasteiger partial charge in [0.2, 0.25) is 11.8 Å². The van der Waals surface area contributed by atoms with Gasteiger partial charge in [0, 0.05) is 31.3 Å². The molecule has 0 bridgehead atoms. The number of aliphatic hydroxyl groups excluding tert-OH is 5. The SMILES string of the molecule is O=C(CCO[C@@H]1O[C@H](CO)[C@@H](O)[C@H](O)[C@H]1O)NCCCCCCNC(=O)Cc1cn([C@H]2C[C@H](O)[C@@H](COP(=O)(O)OP(=O)(O)OP(=O)(O)O)O2)c(=O)[nH]c1=O. The number of unbranched alkanes of at least 4 members (excludes halogenated alkanes) is 3. The Balaban J connectivity index is 1.34. The van der Waals surface area contributed by atoms with Gasteiger partial charge in [-0.05, 0) is 12.8 Å². The van der Waals surface area contributed by atoms with Crippen LogP contribution in [-0.2, 0) is 57.1 Å². The van der Waals surface area contributed by atoms with E-state index in [0.29, 0.717) is 32.2 Å². The molecule has 2 fully saturated rings. The molecule has 10 atom stereocenters. The van der Waals surface area contributed by atoms with Crippen molar-refractivity contribution in [2.75, 3.05) is 32.9 Å². The molecule has 3 rings (SSSR count). The molecule has 1 aromatic rings. The number of carbonyl (C=O) groups excluding carboxylic acids is 2. The summed E-state index contributed by atoms with van der Waals surface area (Å²) in [5.74, 6) is -0.908. The molecule has 316 valence electrons. The van der Waals surface area contributed by atoms with Crippen LogP contribution in [0.3, 0.4) is 0 Å². The maximum absolute atomic E-state index is 12.5. The number of rotatable bonds is 22. The first kappa shape index (κ1) is 47.1. The molecule has 0 saturated carbocycles. The molecule has 26 nitrogen and oxygen atoms in total. The lowest BCUT2D eigenvalue weighted by atomic mass is 9.99. The molecular formula is C26H45N4O22P3. The number of aliphatic hydroxyl groups is 5. The van der Waals surface area contributed by atoms with Crippen LogP contribution in [0.1, 0.15) is 50.3 Å². The molecule has 29 heteroatoms. The quantitative estimate of drug-likeness (QED) is 0.0391. The lowest BCUT2D eigenvalue weighted by molar-refractivity contribution is -0.300. The van der Waals surface area contributed by atoms with E-state index in [4.69, 9.17) is 24.0 Å². The van der Waals surface area contributed by atoms with Crippen molar-refractivity contribution >= 4 is 35.3 Å². The van der Waals surface area contributed by atoms with Gasteiger partial charge in [0.05, 0.1) is 38.8 Å². The summed E-state index contributed by atoms with van der Waals surface area (Å²) in [5, 5.41) is 54.4. The van der Waals surface area contributed by atoms with Gasteiger partial charge in [-0.2, -0.15) is 8.62 Å². The second-order valence-electron chi connectivity index (χ2n) is 12.2. The molecule has 2 unspecified atom stereocenters. The van der Waals surface area contributed by atoms with E-state index >= 15 is 0 Å². The van der Waals surface area contributed by atoms with Crippen LogP contribution < -0.4 is 21.9 Å². The predicted molar refractivity (Wildman–Crippen MR) is 178 cm³/mol. The molecule has 55 heavy (non-hydrogen) atoms. The topological polar surface area (TPSA) is 402 Å². The Morgan fingerprint density at radius 1 is 0.855 bits per heavy atom. The van der Waals surface area contributed by atoms with Crippen LogP contribution in [-0.4, -0.2) is 142 Å². The first-order valence-corrected chi connectivity index (χ1v) is 21.0. The monoisotopic (exact) mass is 858 g/mol. The molecule has 0 spiro atoms. The van der Waals surface area contributed by atoms with E-state index in [1.807, 2.05) is 4.98 Å². The van der Waals surface area contributed by atoms with E-state index in [1.54, 1.807) is 0 Å². The highest BCUT2D eigenvalue weighted by Crippen LogP contribution is 2.66. The molecule has 2 saturated heterocycles. The predicted octanol–water partition coefficient (Wildman–Crippen LogP) is -3.93. The number of phosphoric ester groups is 1. The van der Waals surface area contributed by atoms with Crippen molar-refractivity contribution in [3.63, 3.8) is 0 Å². The van der Waals surface area contributed by atoms with Crippen molar-refractivity contribution in [2.45, 2.75) is 94.1 Å². The van der Waals surface area contributed by atoms with Gasteiger partial charge in [-0.1, -0.05) is 12.8 Å². The molecule has 2 amide bonds. The maximum Gasteiger partial charge on any atom is 0.490 e. The minimum Gasteiger partial charge on any atom is -0.394 e. The van der Waals surface area contributed by atoms with Crippen molar-refractivity contribution < 1.29 is 95.7 Å². The van der Waals surface area contributed by atoms with E-state index in [2.05, 4.69) is 23.8 Å². The van der Waals surface area contributed by atoms with E-state index < -0.39 is 109 Å². The number of hydrogen-bond acceptors (Lipinski definition) is 18. The Hall–Kier alpha value is -2.29. The minimum absolute atomic E-state index is 0.0844. The molecule has 1 aromatic heterocycles. The minimum atomic E-state index is -5.78. The lowest BCUT2D eigenvalue weighted by Crippen LogP contribution is -2.59. The van der Waals surface area contributed by atoms with Crippen LogP contribution in [0.4, 0.5) is 0 Å². The number of H-pyrrole nitrogens is 1. The normalized spacial score (nSPS) is 27.9. The Kier molecular flexibility index (Phi) is 17.9. The summed E-state index contributed by atoms with van der Waals surface area (Å²) in [6, 6.07) is 0. The Bertz CT molecular complexity index is 1700. The highest BCUT2D eigenvalue weighted by atomic mass is 31.3. The van der Waals surface area contributed by atoms with Gasteiger partial charge in [0.25, 0.3) is 5.56 Å². The molecule has 12 N–H and O–H groups in total. The third-order valence-electron chi connectivity index (χ3n) is 7.93. The van der Waals surface area contributed by atoms with Crippen LogP contribution in [0.5, 0.6) is 0 Å². The number of hydrogen-bond donors (Lipinski definition) is 12. The smallest absolute Gasteiger partial charge is 0.394 e. The van der Waals surface area contributed by atoms with Crippen LogP contribution in [0.25, 0.3) is 0 Å². The first-order valence-electron chi connectivity index (χ1n) is 16.5. The van der Waals surface area contributed by atoms with Crippen molar-refractivity contribution in [3.05, 3.63) is 32.6 Å². The zero-order valence-electron chi connectivity index (χ0n) is 28.8. The number of nitrogens with zero attached hydrogens (tertiary/aromatic N) is 1. The number of phosphoric acid groups is 3. The standard InChI is InChI=1S/C26H45N4O22P3/c31-12-16-21(35)22(36)23(37)25(50-16)47-8-5-18(33)27-6-3-1-2-4-7-28-19(34)9-14-11-30(26(39)29-24(14)38)20-10-15(32)17(49-20)13-48-54(43,44)52-55(45,46)51-53(40,41)42/h11,15-17,20-23,25,31-32,35-37H,1-10,12-13H2,(H,27,33)(H,28,34)(H,43,44)(H,45,46)(H,29,38,39)(H2,40,41,42)/t15-,16+,17+,20+,21+,22-,23+,25+/m0/s1. The molecule has 0 radical (unpaired) electrons. The van der Waals surface area contributed by atoms with E-state index in [9.17, 15) is 68.2 Å². The van der Waals surface area contributed by atoms with Gasteiger partial charge in [-0.15, -0.1) is 0 Å². The van der Waals surface area contributed by atoms with Gasteiger partial charge in [-0.3, -0.25) is 28.5 Å².